The van der Waals surface area contributed by atoms with Crippen molar-refractivity contribution in [1.29, 1.82) is 0 Å². The lowest BCUT2D eigenvalue weighted by molar-refractivity contribution is 0.102. The predicted molar refractivity (Wildman–Crippen MR) is 75.2 cm³/mol. The topological polar surface area (TPSA) is 113 Å². The van der Waals surface area contributed by atoms with Gasteiger partial charge in [-0.25, -0.2) is 4.79 Å². The molecule has 110 valence electrons. The Kier molecular flexibility index (Phi) is 4.07. The number of hydrogen-bond donors (Lipinski definition) is 3. The zero-order chi connectivity index (χ0) is 15.4. The molecule has 0 aliphatic heterocycles. The van der Waals surface area contributed by atoms with Gasteiger partial charge in [0.2, 0.25) is 0 Å². The average molecular weight is 291 g/mol. The van der Waals surface area contributed by atoms with Crippen LogP contribution in [0.3, 0.4) is 0 Å². The minimum atomic E-state index is -0.707. The summed E-state index contributed by atoms with van der Waals surface area (Å²) in [7, 11) is 2.93. The second-order valence-corrected chi connectivity index (χ2v) is 4.06. The molecule has 8 nitrogen and oxygen atoms in total. The van der Waals surface area contributed by atoms with Crippen molar-refractivity contribution in [3.8, 4) is 11.5 Å². The normalized spacial score (nSPS) is 10.0. The van der Waals surface area contributed by atoms with E-state index in [4.69, 9.17) is 9.47 Å². The van der Waals surface area contributed by atoms with Crippen LogP contribution >= 0.6 is 0 Å². The molecule has 0 radical (unpaired) electrons. The molecule has 1 amide bonds. The fourth-order valence-electron chi connectivity index (χ4n) is 1.67. The van der Waals surface area contributed by atoms with Gasteiger partial charge in [0, 0.05) is 17.7 Å². The van der Waals surface area contributed by atoms with Crippen molar-refractivity contribution in [1.82, 2.24) is 9.97 Å². The summed E-state index contributed by atoms with van der Waals surface area (Å²) in [6, 6.07) is 5.69. The number of hydrogen-bond acceptors (Lipinski definition) is 5. The molecule has 0 atom stereocenters. The highest BCUT2D eigenvalue weighted by atomic mass is 16.5. The first-order chi connectivity index (χ1) is 10.0. The van der Waals surface area contributed by atoms with Crippen LogP contribution in [0.2, 0.25) is 0 Å². The quantitative estimate of drug-likeness (QED) is 0.751. The summed E-state index contributed by atoms with van der Waals surface area (Å²) in [5.74, 6) is 0.363. The molecule has 2 rings (SSSR count). The molecular weight excluding hydrogens is 278 g/mol. The summed E-state index contributed by atoms with van der Waals surface area (Å²) < 4.78 is 10.1. The maximum atomic E-state index is 12.1. The fraction of sp³-hybridized carbons (Fsp3) is 0.154. The highest BCUT2D eigenvalue weighted by Crippen LogP contribution is 2.22. The number of benzene rings is 1. The number of anilines is 1. The Labute approximate surface area is 118 Å². The number of aromatic nitrogens is 2. The van der Waals surface area contributed by atoms with E-state index in [-0.39, 0.29) is 11.4 Å². The van der Waals surface area contributed by atoms with Crippen LogP contribution in [0.25, 0.3) is 0 Å². The van der Waals surface area contributed by atoms with Crippen LogP contribution in [0.15, 0.2) is 33.9 Å². The van der Waals surface area contributed by atoms with E-state index < -0.39 is 17.2 Å². The van der Waals surface area contributed by atoms with Gasteiger partial charge in [0.15, 0.2) is 0 Å². The van der Waals surface area contributed by atoms with Crippen LogP contribution in [-0.2, 0) is 0 Å². The molecular formula is C13H13N3O5. The number of H-pyrrole nitrogens is 2. The highest BCUT2D eigenvalue weighted by molar-refractivity contribution is 6.04. The Hall–Kier alpha value is -3.03. The maximum Gasteiger partial charge on any atom is 0.327 e. The molecule has 0 aliphatic carbocycles. The van der Waals surface area contributed by atoms with Crippen LogP contribution in [0.4, 0.5) is 5.82 Å². The molecule has 2 aromatic rings. The van der Waals surface area contributed by atoms with Crippen molar-refractivity contribution >= 4 is 11.7 Å². The number of aromatic amines is 2. The van der Waals surface area contributed by atoms with Crippen LogP contribution < -0.4 is 26.0 Å². The molecule has 0 aliphatic rings. The van der Waals surface area contributed by atoms with Crippen molar-refractivity contribution in [2.75, 3.05) is 19.5 Å². The summed E-state index contributed by atoms with van der Waals surface area (Å²) in [5, 5.41) is 2.42. The smallest absolute Gasteiger partial charge is 0.327 e. The SMILES string of the molecule is COc1cc(OC)cc(C(=O)Nc2cc(=O)[nH]c(=O)[nH]2)c1. The molecule has 0 bridgehead atoms. The second kappa shape index (κ2) is 5.95. The summed E-state index contributed by atoms with van der Waals surface area (Å²) >= 11 is 0. The van der Waals surface area contributed by atoms with Gasteiger partial charge in [-0.15, -0.1) is 0 Å². The standard InChI is InChI=1S/C13H13N3O5/c1-20-8-3-7(4-9(5-8)21-2)12(18)14-10-6-11(17)16-13(19)15-10/h3-6H,1-2H3,(H3,14,15,16,17,18,19). The molecule has 0 fully saturated rings. The summed E-state index contributed by atoms with van der Waals surface area (Å²) in [5.41, 5.74) is -1.06. The Bertz CT molecular complexity index is 727. The molecule has 0 spiro atoms. The van der Waals surface area contributed by atoms with E-state index in [2.05, 4.69) is 10.3 Å². The van der Waals surface area contributed by atoms with Gasteiger partial charge >= 0.3 is 5.69 Å². The van der Waals surface area contributed by atoms with Crippen LogP contribution in [0.5, 0.6) is 11.5 Å². The number of amides is 1. The third kappa shape index (κ3) is 3.50. The van der Waals surface area contributed by atoms with Crippen LogP contribution in [0, 0.1) is 0 Å². The average Bonchev–Trinajstić information content (AvgIpc) is 2.45. The van der Waals surface area contributed by atoms with Gasteiger partial charge in [-0.2, -0.15) is 0 Å². The summed E-state index contributed by atoms with van der Waals surface area (Å²) in [6.07, 6.45) is 0. The molecule has 0 saturated heterocycles. The summed E-state index contributed by atoms with van der Waals surface area (Å²) in [4.78, 5) is 38.7. The fourth-order valence-corrected chi connectivity index (χ4v) is 1.67. The van der Waals surface area contributed by atoms with Gasteiger partial charge in [0.25, 0.3) is 11.5 Å². The minimum absolute atomic E-state index is 0.00413. The van der Waals surface area contributed by atoms with Crippen molar-refractivity contribution in [2.24, 2.45) is 0 Å². The van der Waals surface area contributed by atoms with Gasteiger partial charge in [0.1, 0.15) is 17.3 Å². The van der Waals surface area contributed by atoms with Crippen molar-refractivity contribution in [2.45, 2.75) is 0 Å². The van der Waals surface area contributed by atoms with E-state index in [0.717, 1.165) is 6.07 Å². The van der Waals surface area contributed by atoms with E-state index in [0.29, 0.717) is 11.5 Å². The molecule has 8 heteroatoms. The van der Waals surface area contributed by atoms with Gasteiger partial charge in [-0.1, -0.05) is 0 Å². The highest BCUT2D eigenvalue weighted by Gasteiger charge is 2.11. The van der Waals surface area contributed by atoms with Crippen molar-refractivity contribution in [3.05, 3.63) is 50.7 Å². The lowest BCUT2D eigenvalue weighted by Gasteiger charge is -2.08. The molecule has 21 heavy (non-hydrogen) atoms. The first-order valence-electron chi connectivity index (χ1n) is 5.90. The number of rotatable bonds is 4. The lowest BCUT2D eigenvalue weighted by atomic mass is 10.2. The Balaban J connectivity index is 2.31. The monoisotopic (exact) mass is 291 g/mol. The third-order valence-electron chi connectivity index (χ3n) is 2.62. The van der Waals surface area contributed by atoms with E-state index in [1.165, 1.54) is 26.4 Å². The Morgan fingerprint density at radius 1 is 1.00 bits per heavy atom. The van der Waals surface area contributed by atoms with Crippen molar-refractivity contribution < 1.29 is 14.3 Å². The largest absolute Gasteiger partial charge is 0.497 e. The van der Waals surface area contributed by atoms with E-state index >= 15 is 0 Å². The third-order valence-corrected chi connectivity index (χ3v) is 2.62. The number of carbonyl (C=O) groups is 1. The maximum absolute atomic E-state index is 12.1. The van der Waals surface area contributed by atoms with Gasteiger partial charge in [0.05, 0.1) is 14.2 Å². The number of methoxy groups -OCH3 is 2. The second-order valence-electron chi connectivity index (χ2n) is 4.06. The van der Waals surface area contributed by atoms with Gasteiger partial charge in [-0.3, -0.25) is 19.6 Å². The number of carbonyl (C=O) groups excluding carboxylic acids is 1. The molecule has 3 N–H and O–H groups in total. The first-order valence-corrected chi connectivity index (χ1v) is 5.90. The zero-order valence-corrected chi connectivity index (χ0v) is 11.4. The summed E-state index contributed by atoms with van der Waals surface area (Å²) in [6.45, 7) is 0. The molecule has 0 unspecified atom stereocenters. The van der Waals surface area contributed by atoms with Gasteiger partial charge < -0.3 is 14.8 Å². The van der Waals surface area contributed by atoms with Gasteiger partial charge in [-0.05, 0) is 12.1 Å². The first kappa shape index (κ1) is 14.4. The predicted octanol–water partition coefficient (Wildman–Crippen LogP) is 0.333. The Morgan fingerprint density at radius 3 is 2.14 bits per heavy atom. The minimum Gasteiger partial charge on any atom is -0.497 e. The molecule has 1 heterocycles. The van der Waals surface area contributed by atoms with E-state index in [9.17, 15) is 14.4 Å². The zero-order valence-electron chi connectivity index (χ0n) is 11.4. The Morgan fingerprint density at radius 2 is 1.62 bits per heavy atom. The molecule has 1 aromatic carbocycles. The van der Waals surface area contributed by atoms with Crippen LogP contribution in [-0.4, -0.2) is 30.1 Å². The van der Waals surface area contributed by atoms with Crippen LogP contribution in [0.1, 0.15) is 10.4 Å². The van der Waals surface area contributed by atoms with E-state index in [1.54, 1.807) is 6.07 Å². The van der Waals surface area contributed by atoms with Crippen molar-refractivity contribution in [3.63, 3.8) is 0 Å². The lowest BCUT2D eigenvalue weighted by Crippen LogP contribution is -2.24. The number of ether oxygens (including phenoxy) is 2. The molecule has 1 aromatic heterocycles. The van der Waals surface area contributed by atoms with E-state index in [1.807, 2.05) is 4.98 Å². The molecule has 0 saturated carbocycles. The number of nitrogens with one attached hydrogen (secondary N) is 3.